The van der Waals surface area contributed by atoms with Gasteiger partial charge in [0.1, 0.15) is 10.6 Å². The summed E-state index contributed by atoms with van der Waals surface area (Å²) in [6, 6.07) is 13.2. The molecule has 0 atom stereocenters. The number of benzene rings is 2. The molecular formula is C21H16ClNO5S. The average molecular weight is 430 g/mol. The van der Waals surface area contributed by atoms with Crippen LogP contribution in [0.25, 0.3) is 11.1 Å². The lowest BCUT2D eigenvalue weighted by molar-refractivity contribution is 0.0590. The van der Waals surface area contributed by atoms with Crippen molar-refractivity contribution in [2.45, 2.75) is 0 Å². The number of esters is 2. The summed E-state index contributed by atoms with van der Waals surface area (Å²) in [6.07, 6.45) is 0. The smallest absolute Gasteiger partial charge is 0.341 e. The number of amides is 1. The number of carbonyl (C=O) groups excluding carboxylic acids is 3. The molecule has 0 unspecified atom stereocenters. The van der Waals surface area contributed by atoms with Gasteiger partial charge >= 0.3 is 11.9 Å². The highest BCUT2D eigenvalue weighted by atomic mass is 35.5. The van der Waals surface area contributed by atoms with Crippen molar-refractivity contribution in [1.82, 2.24) is 0 Å². The molecule has 0 aliphatic heterocycles. The van der Waals surface area contributed by atoms with Crippen LogP contribution in [0.15, 0.2) is 53.9 Å². The quantitative estimate of drug-likeness (QED) is 0.583. The number of halogens is 1. The van der Waals surface area contributed by atoms with Crippen molar-refractivity contribution < 1.29 is 23.9 Å². The Morgan fingerprint density at radius 3 is 2.14 bits per heavy atom. The fraction of sp³-hybridized carbons (Fsp3) is 0.0952. The molecule has 1 amide bonds. The Labute approximate surface area is 176 Å². The van der Waals surface area contributed by atoms with Crippen molar-refractivity contribution in [2.24, 2.45) is 0 Å². The van der Waals surface area contributed by atoms with Crippen LogP contribution in [0.5, 0.6) is 0 Å². The van der Waals surface area contributed by atoms with Crippen LogP contribution in [0, 0.1) is 0 Å². The molecule has 6 nitrogen and oxygen atoms in total. The standard InChI is InChI=1S/C21H16ClNO5S/c1-27-20(25)15-6-4-3-5-14(15)18(24)23-19-17(21(26)28-2)16(11-29-19)12-7-9-13(22)10-8-12/h3-11H,1-2H3,(H,23,24). The molecule has 1 heterocycles. The van der Waals surface area contributed by atoms with E-state index in [1.807, 2.05) is 0 Å². The second-order valence-electron chi connectivity index (χ2n) is 5.84. The third kappa shape index (κ3) is 4.31. The third-order valence-electron chi connectivity index (χ3n) is 4.14. The summed E-state index contributed by atoms with van der Waals surface area (Å²) in [5.74, 6) is -1.76. The van der Waals surface area contributed by atoms with Crippen LogP contribution in [-0.4, -0.2) is 32.1 Å². The molecule has 0 aliphatic rings. The zero-order chi connectivity index (χ0) is 21.0. The van der Waals surface area contributed by atoms with Gasteiger partial charge in [-0.05, 0) is 29.8 Å². The Balaban J connectivity index is 2.00. The molecule has 0 spiro atoms. The van der Waals surface area contributed by atoms with E-state index < -0.39 is 17.8 Å². The molecule has 148 valence electrons. The molecule has 1 aromatic heterocycles. The predicted molar refractivity (Wildman–Crippen MR) is 112 cm³/mol. The van der Waals surface area contributed by atoms with E-state index in [0.717, 1.165) is 5.56 Å². The molecule has 3 rings (SSSR count). The molecule has 1 N–H and O–H groups in total. The van der Waals surface area contributed by atoms with Crippen molar-refractivity contribution >= 4 is 45.8 Å². The Morgan fingerprint density at radius 2 is 1.52 bits per heavy atom. The van der Waals surface area contributed by atoms with Crippen LogP contribution in [0.2, 0.25) is 5.02 Å². The summed E-state index contributed by atoms with van der Waals surface area (Å²) in [5, 5.41) is 5.33. The summed E-state index contributed by atoms with van der Waals surface area (Å²) < 4.78 is 9.63. The molecule has 0 bridgehead atoms. The van der Waals surface area contributed by atoms with E-state index in [1.54, 1.807) is 41.8 Å². The maximum atomic E-state index is 12.8. The van der Waals surface area contributed by atoms with Gasteiger partial charge < -0.3 is 14.8 Å². The predicted octanol–water partition coefficient (Wildman–Crippen LogP) is 4.89. The number of methoxy groups -OCH3 is 2. The zero-order valence-electron chi connectivity index (χ0n) is 15.5. The maximum absolute atomic E-state index is 12.8. The number of nitrogens with one attached hydrogen (secondary N) is 1. The number of anilines is 1. The number of hydrogen-bond acceptors (Lipinski definition) is 6. The molecule has 0 fully saturated rings. The molecule has 29 heavy (non-hydrogen) atoms. The number of carbonyl (C=O) groups is 3. The molecule has 0 saturated carbocycles. The largest absolute Gasteiger partial charge is 0.465 e. The summed E-state index contributed by atoms with van der Waals surface area (Å²) in [7, 11) is 2.51. The first kappa shape index (κ1) is 20.6. The Hall–Kier alpha value is -3.16. The van der Waals surface area contributed by atoms with Gasteiger partial charge in [0.25, 0.3) is 5.91 Å². The first-order valence-electron chi connectivity index (χ1n) is 8.40. The van der Waals surface area contributed by atoms with Crippen molar-refractivity contribution in [3.05, 3.63) is 75.6 Å². The van der Waals surface area contributed by atoms with Gasteiger partial charge in [0.15, 0.2) is 0 Å². The van der Waals surface area contributed by atoms with E-state index in [-0.39, 0.29) is 16.7 Å². The molecule has 2 aromatic carbocycles. The molecular weight excluding hydrogens is 414 g/mol. The number of thiophene rings is 1. The minimum Gasteiger partial charge on any atom is -0.465 e. The summed E-state index contributed by atoms with van der Waals surface area (Å²) in [4.78, 5) is 37.2. The van der Waals surface area contributed by atoms with Gasteiger partial charge in [0.2, 0.25) is 0 Å². The lowest BCUT2D eigenvalue weighted by atomic mass is 10.0. The second kappa shape index (κ2) is 8.89. The number of hydrogen-bond donors (Lipinski definition) is 1. The molecule has 3 aromatic rings. The van der Waals surface area contributed by atoms with Gasteiger partial charge in [-0.1, -0.05) is 35.9 Å². The Morgan fingerprint density at radius 1 is 0.897 bits per heavy atom. The minimum absolute atomic E-state index is 0.126. The summed E-state index contributed by atoms with van der Waals surface area (Å²) in [5.41, 5.74) is 1.85. The van der Waals surface area contributed by atoms with Gasteiger partial charge in [-0.3, -0.25) is 4.79 Å². The number of rotatable bonds is 5. The topological polar surface area (TPSA) is 81.7 Å². The first-order chi connectivity index (χ1) is 14.0. The average Bonchev–Trinajstić information content (AvgIpc) is 3.16. The lowest BCUT2D eigenvalue weighted by Crippen LogP contribution is -2.18. The SMILES string of the molecule is COC(=O)c1ccccc1C(=O)Nc1scc(-c2ccc(Cl)cc2)c1C(=O)OC. The maximum Gasteiger partial charge on any atom is 0.341 e. The van der Waals surface area contributed by atoms with Crippen molar-refractivity contribution in [2.75, 3.05) is 19.5 Å². The number of ether oxygens (including phenoxy) is 2. The van der Waals surface area contributed by atoms with Crippen LogP contribution < -0.4 is 5.32 Å². The van der Waals surface area contributed by atoms with E-state index in [4.69, 9.17) is 21.1 Å². The van der Waals surface area contributed by atoms with Crippen LogP contribution >= 0.6 is 22.9 Å². The fourth-order valence-electron chi connectivity index (χ4n) is 2.74. The second-order valence-corrected chi connectivity index (χ2v) is 7.16. The van der Waals surface area contributed by atoms with Crippen molar-refractivity contribution in [3.63, 3.8) is 0 Å². The Kier molecular flexibility index (Phi) is 6.31. The van der Waals surface area contributed by atoms with Crippen LogP contribution in [0.3, 0.4) is 0 Å². The lowest BCUT2D eigenvalue weighted by Gasteiger charge is -2.10. The Bertz CT molecular complexity index is 1070. The fourth-order valence-corrected chi connectivity index (χ4v) is 3.81. The monoisotopic (exact) mass is 429 g/mol. The van der Waals surface area contributed by atoms with Gasteiger partial charge in [0.05, 0.1) is 25.3 Å². The minimum atomic E-state index is -0.628. The third-order valence-corrected chi connectivity index (χ3v) is 5.29. The van der Waals surface area contributed by atoms with E-state index in [0.29, 0.717) is 15.6 Å². The zero-order valence-corrected chi connectivity index (χ0v) is 17.1. The summed E-state index contributed by atoms with van der Waals surface area (Å²) in [6.45, 7) is 0. The highest BCUT2D eigenvalue weighted by molar-refractivity contribution is 7.15. The van der Waals surface area contributed by atoms with E-state index in [1.165, 1.54) is 37.7 Å². The van der Waals surface area contributed by atoms with Gasteiger partial charge in [-0.2, -0.15) is 0 Å². The molecule has 0 aliphatic carbocycles. The summed E-state index contributed by atoms with van der Waals surface area (Å²) >= 11 is 7.12. The van der Waals surface area contributed by atoms with E-state index in [9.17, 15) is 14.4 Å². The molecule has 0 saturated heterocycles. The van der Waals surface area contributed by atoms with Gasteiger partial charge in [-0.25, -0.2) is 9.59 Å². The van der Waals surface area contributed by atoms with Gasteiger partial charge in [0, 0.05) is 16.0 Å². The normalized spacial score (nSPS) is 10.3. The van der Waals surface area contributed by atoms with E-state index >= 15 is 0 Å². The molecule has 0 radical (unpaired) electrons. The highest BCUT2D eigenvalue weighted by Crippen LogP contribution is 2.37. The van der Waals surface area contributed by atoms with Crippen LogP contribution in [-0.2, 0) is 9.47 Å². The highest BCUT2D eigenvalue weighted by Gasteiger charge is 2.24. The first-order valence-corrected chi connectivity index (χ1v) is 9.66. The van der Waals surface area contributed by atoms with Crippen molar-refractivity contribution in [3.8, 4) is 11.1 Å². The molecule has 8 heteroatoms. The van der Waals surface area contributed by atoms with Crippen molar-refractivity contribution in [1.29, 1.82) is 0 Å². The van der Waals surface area contributed by atoms with Gasteiger partial charge in [-0.15, -0.1) is 11.3 Å². The van der Waals surface area contributed by atoms with E-state index in [2.05, 4.69) is 5.32 Å². The van der Waals surface area contributed by atoms with Crippen LogP contribution in [0.4, 0.5) is 5.00 Å². The van der Waals surface area contributed by atoms with Crippen LogP contribution in [0.1, 0.15) is 31.1 Å².